The number of carboxylic acids is 1. The summed E-state index contributed by atoms with van der Waals surface area (Å²) in [6, 6.07) is -0.810. The lowest BCUT2D eigenvalue weighted by Gasteiger charge is -2.22. The van der Waals surface area contributed by atoms with Crippen molar-refractivity contribution in [2.75, 3.05) is 19.8 Å². The lowest BCUT2D eigenvalue weighted by Crippen LogP contribution is -2.32. The highest BCUT2D eigenvalue weighted by Gasteiger charge is 2.16. The van der Waals surface area contributed by atoms with Crippen molar-refractivity contribution in [3.63, 3.8) is 0 Å². The van der Waals surface area contributed by atoms with Crippen LogP contribution < -0.4 is 5.73 Å². The van der Waals surface area contributed by atoms with E-state index in [1.165, 1.54) is 0 Å². The van der Waals surface area contributed by atoms with Gasteiger partial charge >= 0.3 is 5.97 Å². The highest BCUT2D eigenvalue weighted by molar-refractivity contribution is 5.72. The van der Waals surface area contributed by atoms with Gasteiger partial charge in [0.05, 0.1) is 6.10 Å². The van der Waals surface area contributed by atoms with E-state index in [9.17, 15) is 4.79 Å². The van der Waals surface area contributed by atoms with Crippen molar-refractivity contribution in [1.82, 2.24) is 0 Å². The summed E-state index contributed by atoms with van der Waals surface area (Å²) in [6.45, 7) is 1.88. The summed E-state index contributed by atoms with van der Waals surface area (Å²) < 4.78 is 10.6. The fourth-order valence-electron chi connectivity index (χ4n) is 1.33. The van der Waals surface area contributed by atoms with Crippen molar-refractivity contribution in [2.24, 2.45) is 5.73 Å². The molecule has 0 aliphatic carbocycles. The van der Waals surface area contributed by atoms with E-state index in [1.807, 2.05) is 0 Å². The second-order valence-corrected chi connectivity index (χ2v) is 3.42. The number of carboxylic acid groups (broad SMARTS) is 1. The lowest BCUT2D eigenvalue weighted by molar-refractivity contribution is -0.139. The summed E-state index contributed by atoms with van der Waals surface area (Å²) >= 11 is 0. The van der Waals surface area contributed by atoms with Gasteiger partial charge in [-0.15, -0.1) is 0 Å². The zero-order valence-electron chi connectivity index (χ0n) is 8.15. The summed E-state index contributed by atoms with van der Waals surface area (Å²) in [5, 5.41) is 8.52. The van der Waals surface area contributed by atoms with E-state index >= 15 is 0 Å². The summed E-state index contributed by atoms with van der Waals surface area (Å²) in [4.78, 5) is 10.4. The third-order valence-electron chi connectivity index (χ3n) is 2.27. The Morgan fingerprint density at radius 2 is 2.21 bits per heavy atom. The van der Waals surface area contributed by atoms with Crippen LogP contribution in [0, 0.1) is 0 Å². The van der Waals surface area contributed by atoms with Gasteiger partial charge in [0.1, 0.15) is 6.04 Å². The Kier molecular flexibility index (Phi) is 4.86. The van der Waals surface area contributed by atoms with Crippen molar-refractivity contribution in [3.05, 3.63) is 0 Å². The minimum absolute atomic E-state index is 0.213. The van der Waals surface area contributed by atoms with Crippen molar-refractivity contribution >= 4 is 5.97 Å². The predicted octanol–water partition coefficient (Wildman–Crippen LogP) is -0.0160. The standard InChI is InChI=1S/C9H17NO4/c10-8(9(11)12)3-6-14-7-1-4-13-5-2-7/h7-8H,1-6,10H2,(H,11,12). The van der Waals surface area contributed by atoms with E-state index in [4.69, 9.17) is 20.3 Å². The van der Waals surface area contributed by atoms with Crippen LogP contribution in [0.3, 0.4) is 0 Å². The molecule has 1 unspecified atom stereocenters. The molecule has 14 heavy (non-hydrogen) atoms. The van der Waals surface area contributed by atoms with Gasteiger partial charge in [-0.25, -0.2) is 0 Å². The minimum atomic E-state index is -0.972. The molecule has 1 aliphatic heterocycles. The molecule has 1 heterocycles. The van der Waals surface area contributed by atoms with Crippen molar-refractivity contribution in [2.45, 2.75) is 31.4 Å². The minimum Gasteiger partial charge on any atom is -0.480 e. The highest BCUT2D eigenvalue weighted by Crippen LogP contribution is 2.10. The summed E-state index contributed by atoms with van der Waals surface area (Å²) in [5.74, 6) is -0.972. The first kappa shape index (κ1) is 11.4. The van der Waals surface area contributed by atoms with E-state index in [0.29, 0.717) is 13.0 Å². The van der Waals surface area contributed by atoms with Crippen molar-refractivity contribution in [1.29, 1.82) is 0 Å². The Morgan fingerprint density at radius 1 is 1.57 bits per heavy atom. The monoisotopic (exact) mass is 203 g/mol. The molecule has 0 radical (unpaired) electrons. The van der Waals surface area contributed by atoms with Crippen molar-refractivity contribution in [3.8, 4) is 0 Å². The number of aliphatic carboxylic acids is 1. The molecule has 1 saturated heterocycles. The maximum absolute atomic E-state index is 10.4. The van der Waals surface area contributed by atoms with Crippen LogP contribution in [0.15, 0.2) is 0 Å². The summed E-state index contributed by atoms with van der Waals surface area (Å²) in [6.07, 6.45) is 2.36. The van der Waals surface area contributed by atoms with Gasteiger partial charge in [0.2, 0.25) is 0 Å². The molecular formula is C9H17NO4. The Bertz CT molecular complexity index is 180. The molecule has 1 atom stereocenters. The van der Waals surface area contributed by atoms with Gasteiger partial charge in [0.25, 0.3) is 0 Å². The average Bonchev–Trinajstić information content (AvgIpc) is 2.19. The molecule has 0 amide bonds. The molecule has 5 nitrogen and oxygen atoms in total. The first-order valence-electron chi connectivity index (χ1n) is 4.88. The van der Waals surface area contributed by atoms with Crippen LogP contribution in [0.4, 0.5) is 0 Å². The zero-order valence-corrected chi connectivity index (χ0v) is 8.15. The van der Waals surface area contributed by atoms with Gasteiger partial charge < -0.3 is 20.3 Å². The number of ether oxygens (including phenoxy) is 2. The molecule has 1 aliphatic rings. The van der Waals surface area contributed by atoms with E-state index in [1.54, 1.807) is 0 Å². The van der Waals surface area contributed by atoms with Gasteiger partial charge in [-0.2, -0.15) is 0 Å². The Balaban J connectivity index is 2.05. The van der Waals surface area contributed by atoms with Crippen LogP contribution in [0.25, 0.3) is 0 Å². The molecule has 3 N–H and O–H groups in total. The molecule has 5 heteroatoms. The second-order valence-electron chi connectivity index (χ2n) is 3.42. The van der Waals surface area contributed by atoms with Gasteiger partial charge in [-0.05, 0) is 19.3 Å². The number of hydrogen-bond acceptors (Lipinski definition) is 4. The molecular weight excluding hydrogens is 186 g/mol. The zero-order chi connectivity index (χ0) is 10.4. The van der Waals surface area contributed by atoms with Crippen LogP contribution in [-0.2, 0) is 14.3 Å². The normalized spacial score (nSPS) is 20.6. The van der Waals surface area contributed by atoms with Crippen molar-refractivity contribution < 1.29 is 19.4 Å². The first-order chi connectivity index (χ1) is 6.70. The largest absolute Gasteiger partial charge is 0.480 e. The van der Waals surface area contributed by atoms with Crippen LogP contribution in [0.2, 0.25) is 0 Å². The van der Waals surface area contributed by atoms with E-state index in [2.05, 4.69) is 0 Å². The fraction of sp³-hybridized carbons (Fsp3) is 0.889. The van der Waals surface area contributed by atoms with Gasteiger partial charge in [0, 0.05) is 19.8 Å². The third kappa shape index (κ3) is 4.04. The van der Waals surface area contributed by atoms with Crippen LogP contribution in [0.1, 0.15) is 19.3 Å². The second kappa shape index (κ2) is 5.95. The highest BCUT2D eigenvalue weighted by atomic mass is 16.5. The molecule has 82 valence electrons. The smallest absolute Gasteiger partial charge is 0.320 e. The summed E-state index contributed by atoms with van der Waals surface area (Å²) in [7, 11) is 0. The topological polar surface area (TPSA) is 81.8 Å². The van der Waals surface area contributed by atoms with E-state index < -0.39 is 12.0 Å². The molecule has 0 saturated carbocycles. The number of rotatable bonds is 5. The third-order valence-corrected chi connectivity index (χ3v) is 2.27. The molecule has 0 bridgehead atoms. The van der Waals surface area contributed by atoms with Gasteiger partial charge in [0.15, 0.2) is 0 Å². The number of hydrogen-bond donors (Lipinski definition) is 2. The average molecular weight is 203 g/mol. The maximum atomic E-state index is 10.4. The Morgan fingerprint density at radius 3 is 2.79 bits per heavy atom. The lowest BCUT2D eigenvalue weighted by atomic mass is 10.1. The maximum Gasteiger partial charge on any atom is 0.320 e. The molecule has 1 rings (SSSR count). The molecule has 0 aromatic carbocycles. The van der Waals surface area contributed by atoms with Crippen LogP contribution >= 0.6 is 0 Å². The van der Waals surface area contributed by atoms with Crippen LogP contribution in [0.5, 0.6) is 0 Å². The molecule has 1 fully saturated rings. The van der Waals surface area contributed by atoms with E-state index in [-0.39, 0.29) is 6.10 Å². The number of nitrogens with two attached hydrogens (primary N) is 1. The SMILES string of the molecule is NC(CCOC1CCOCC1)C(=O)O. The van der Waals surface area contributed by atoms with Gasteiger partial charge in [-0.1, -0.05) is 0 Å². The Labute approximate surface area is 83.2 Å². The van der Waals surface area contributed by atoms with Gasteiger partial charge in [-0.3, -0.25) is 4.79 Å². The molecule has 0 spiro atoms. The first-order valence-corrected chi connectivity index (χ1v) is 4.88. The predicted molar refractivity (Wildman–Crippen MR) is 50.0 cm³/mol. The summed E-state index contributed by atoms with van der Waals surface area (Å²) in [5.41, 5.74) is 5.33. The van der Waals surface area contributed by atoms with E-state index in [0.717, 1.165) is 26.1 Å². The van der Waals surface area contributed by atoms with Crippen LogP contribution in [-0.4, -0.2) is 43.0 Å². The molecule has 0 aromatic heterocycles. The molecule has 0 aromatic rings. The fourth-order valence-corrected chi connectivity index (χ4v) is 1.33. The number of carbonyl (C=O) groups is 1. The Hall–Kier alpha value is -0.650. The quantitative estimate of drug-likeness (QED) is 0.656.